The average molecular weight is 244 g/mol. The normalized spacial score (nSPS) is 12.6. The molecule has 17 heavy (non-hydrogen) atoms. The Balaban J connectivity index is 4.25. The monoisotopic (exact) mass is 244 g/mol. The topological polar surface area (TPSA) is 83.6 Å². The van der Waals surface area contributed by atoms with Crippen LogP contribution in [0.15, 0.2) is 0 Å². The van der Waals surface area contributed by atoms with Crippen molar-refractivity contribution in [1.82, 2.24) is 4.90 Å². The first-order valence-electron chi connectivity index (χ1n) is 6.22. The largest absolute Gasteiger partial charge is 0.480 e. The van der Waals surface area contributed by atoms with Gasteiger partial charge in [0.25, 0.3) is 0 Å². The van der Waals surface area contributed by atoms with Gasteiger partial charge in [-0.05, 0) is 12.3 Å². The van der Waals surface area contributed by atoms with Gasteiger partial charge in [-0.25, -0.2) is 0 Å². The van der Waals surface area contributed by atoms with Gasteiger partial charge in [-0.1, -0.05) is 33.1 Å². The quantitative estimate of drug-likeness (QED) is 0.602. The maximum absolute atomic E-state index is 10.9. The molecule has 0 heterocycles. The van der Waals surface area contributed by atoms with E-state index in [2.05, 4.69) is 13.8 Å². The highest BCUT2D eigenvalue weighted by molar-refractivity contribution is 5.77. The number of aliphatic carboxylic acids is 1. The van der Waals surface area contributed by atoms with Gasteiger partial charge in [0, 0.05) is 6.54 Å². The van der Waals surface area contributed by atoms with E-state index in [9.17, 15) is 9.59 Å². The molecule has 1 amide bonds. The SMILES string of the molecule is CCCCC(CC)CN(CC(N)=O)CC(=O)O. The summed E-state index contributed by atoms with van der Waals surface area (Å²) in [4.78, 5) is 23.2. The second-order valence-corrected chi connectivity index (χ2v) is 4.45. The number of carboxylic acid groups (broad SMARTS) is 1. The van der Waals surface area contributed by atoms with Gasteiger partial charge in [0.05, 0.1) is 13.1 Å². The molecule has 0 aromatic carbocycles. The minimum absolute atomic E-state index is 0.0227. The lowest BCUT2D eigenvalue weighted by molar-refractivity contribution is -0.138. The van der Waals surface area contributed by atoms with Crippen LogP contribution in [0.3, 0.4) is 0 Å². The lowest BCUT2D eigenvalue weighted by Gasteiger charge is -2.24. The van der Waals surface area contributed by atoms with Crippen LogP contribution < -0.4 is 5.73 Å². The van der Waals surface area contributed by atoms with Crippen molar-refractivity contribution in [3.63, 3.8) is 0 Å². The number of primary amides is 1. The molecule has 100 valence electrons. The number of unbranched alkanes of at least 4 members (excludes halogenated alkanes) is 1. The molecule has 5 nitrogen and oxygen atoms in total. The van der Waals surface area contributed by atoms with Crippen molar-refractivity contribution < 1.29 is 14.7 Å². The van der Waals surface area contributed by atoms with E-state index in [1.54, 1.807) is 4.90 Å². The zero-order chi connectivity index (χ0) is 13.3. The summed E-state index contributed by atoms with van der Waals surface area (Å²) in [5, 5.41) is 8.76. The van der Waals surface area contributed by atoms with Gasteiger partial charge in [0.2, 0.25) is 5.91 Å². The van der Waals surface area contributed by atoms with Gasteiger partial charge in [-0.3, -0.25) is 14.5 Å². The van der Waals surface area contributed by atoms with Crippen molar-refractivity contribution in [3.05, 3.63) is 0 Å². The Kier molecular flexibility index (Phi) is 8.40. The van der Waals surface area contributed by atoms with Crippen molar-refractivity contribution in [3.8, 4) is 0 Å². The van der Waals surface area contributed by atoms with Crippen molar-refractivity contribution >= 4 is 11.9 Å². The minimum Gasteiger partial charge on any atom is -0.480 e. The first-order valence-corrected chi connectivity index (χ1v) is 6.22. The van der Waals surface area contributed by atoms with E-state index in [1.165, 1.54) is 0 Å². The van der Waals surface area contributed by atoms with Crippen molar-refractivity contribution in [2.24, 2.45) is 11.7 Å². The summed E-state index contributed by atoms with van der Waals surface area (Å²) in [6.07, 6.45) is 4.33. The Morgan fingerprint density at radius 2 is 1.94 bits per heavy atom. The first-order chi connectivity index (χ1) is 7.99. The Bertz CT molecular complexity index is 228. The Hall–Kier alpha value is -1.10. The molecular weight excluding hydrogens is 220 g/mol. The van der Waals surface area contributed by atoms with E-state index in [1.807, 2.05) is 0 Å². The zero-order valence-electron chi connectivity index (χ0n) is 10.8. The Labute approximate surface area is 103 Å². The van der Waals surface area contributed by atoms with E-state index in [-0.39, 0.29) is 13.1 Å². The smallest absolute Gasteiger partial charge is 0.317 e. The van der Waals surface area contributed by atoms with E-state index >= 15 is 0 Å². The van der Waals surface area contributed by atoms with Crippen LogP contribution in [0.4, 0.5) is 0 Å². The molecule has 0 spiro atoms. The third-order valence-electron chi connectivity index (χ3n) is 2.80. The van der Waals surface area contributed by atoms with Crippen LogP contribution in [-0.4, -0.2) is 41.5 Å². The molecule has 0 aliphatic heterocycles. The lowest BCUT2D eigenvalue weighted by atomic mass is 9.98. The second-order valence-electron chi connectivity index (χ2n) is 4.45. The van der Waals surface area contributed by atoms with E-state index in [4.69, 9.17) is 10.8 Å². The fourth-order valence-corrected chi connectivity index (χ4v) is 1.88. The van der Waals surface area contributed by atoms with Crippen LogP contribution in [0.1, 0.15) is 39.5 Å². The number of hydrogen-bond acceptors (Lipinski definition) is 3. The highest BCUT2D eigenvalue weighted by Gasteiger charge is 2.16. The number of nitrogens with zero attached hydrogens (tertiary/aromatic N) is 1. The van der Waals surface area contributed by atoms with Gasteiger partial charge in [0.15, 0.2) is 0 Å². The van der Waals surface area contributed by atoms with Crippen molar-refractivity contribution in [2.75, 3.05) is 19.6 Å². The maximum Gasteiger partial charge on any atom is 0.317 e. The van der Waals surface area contributed by atoms with Crippen LogP contribution in [0.2, 0.25) is 0 Å². The second kappa shape index (κ2) is 8.98. The van der Waals surface area contributed by atoms with Gasteiger partial charge < -0.3 is 10.8 Å². The summed E-state index contributed by atoms with van der Waals surface area (Å²) >= 11 is 0. The van der Waals surface area contributed by atoms with Crippen LogP contribution in [0.25, 0.3) is 0 Å². The zero-order valence-corrected chi connectivity index (χ0v) is 10.8. The summed E-state index contributed by atoms with van der Waals surface area (Å²) < 4.78 is 0. The van der Waals surface area contributed by atoms with Crippen molar-refractivity contribution in [2.45, 2.75) is 39.5 Å². The number of carbonyl (C=O) groups is 2. The maximum atomic E-state index is 10.9. The molecule has 0 aliphatic carbocycles. The van der Waals surface area contributed by atoms with Crippen LogP contribution >= 0.6 is 0 Å². The summed E-state index contributed by atoms with van der Waals surface area (Å²) in [7, 11) is 0. The Morgan fingerprint density at radius 3 is 2.35 bits per heavy atom. The Morgan fingerprint density at radius 1 is 1.29 bits per heavy atom. The average Bonchev–Trinajstić information content (AvgIpc) is 2.22. The molecule has 0 aromatic rings. The van der Waals surface area contributed by atoms with Crippen molar-refractivity contribution in [1.29, 1.82) is 0 Å². The molecule has 1 atom stereocenters. The van der Waals surface area contributed by atoms with Crippen LogP contribution in [0.5, 0.6) is 0 Å². The molecule has 0 aromatic heterocycles. The number of carboxylic acids is 1. The molecule has 3 N–H and O–H groups in total. The number of hydrogen-bond donors (Lipinski definition) is 2. The number of carbonyl (C=O) groups excluding carboxylic acids is 1. The predicted molar refractivity (Wildman–Crippen MR) is 66.6 cm³/mol. The first kappa shape index (κ1) is 15.9. The molecule has 0 radical (unpaired) electrons. The van der Waals surface area contributed by atoms with Gasteiger partial charge >= 0.3 is 5.97 Å². The third kappa shape index (κ3) is 8.68. The van der Waals surface area contributed by atoms with Crippen LogP contribution in [0, 0.1) is 5.92 Å². The summed E-state index contributed by atoms with van der Waals surface area (Å²) in [6, 6.07) is 0. The molecule has 0 bridgehead atoms. The molecule has 5 heteroatoms. The summed E-state index contributed by atoms with van der Waals surface area (Å²) in [6.45, 7) is 4.75. The fraction of sp³-hybridized carbons (Fsp3) is 0.833. The minimum atomic E-state index is -0.920. The summed E-state index contributed by atoms with van der Waals surface area (Å²) in [5.74, 6) is -0.957. The number of amides is 1. The van der Waals surface area contributed by atoms with Gasteiger partial charge in [0.1, 0.15) is 0 Å². The van der Waals surface area contributed by atoms with E-state index in [0.717, 1.165) is 25.7 Å². The molecule has 1 unspecified atom stereocenters. The van der Waals surface area contributed by atoms with Crippen LogP contribution in [-0.2, 0) is 9.59 Å². The standard InChI is InChI=1S/C12H24N2O3/c1-3-5-6-10(4-2)7-14(8-11(13)15)9-12(16)17/h10H,3-9H2,1-2H3,(H2,13,15)(H,16,17). The highest BCUT2D eigenvalue weighted by atomic mass is 16.4. The molecule has 0 aliphatic rings. The predicted octanol–water partition coefficient (Wildman–Crippen LogP) is 1.07. The molecule has 0 saturated heterocycles. The van der Waals surface area contributed by atoms with Gasteiger partial charge in [-0.2, -0.15) is 0 Å². The summed E-state index contributed by atoms with van der Waals surface area (Å²) in [5.41, 5.74) is 5.11. The van der Waals surface area contributed by atoms with Gasteiger partial charge in [-0.15, -0.1) is 0 Å². The highest BCUT2D eigenvalue weighted by Crippen LogP contribution is 2.14. The number of rotatable bonds is 10. The molecular formula is C12H24N2O3. The fourth-order valence-electron chi connectivity index (χ4n) is 1.88. The lowest BCUT2D eigenvalue weighted by Crippen LogP contribution is -2.40. The number of nitrogens with two attached hydrogens (primary N) is 1. The van der Waals surface area contributed by atoms with E-state index in [0.29, 0.717) is 12.5 Å². The molecule has 0 rings (SSSR count). The van der Waals surface area contributed by atoms with E-state index < -0.39 is 11.9 Å². The molecule has 0 fully saturated rings. The third-order valence-corrected chi connectivity index (χ3v) is 2.80. The molecule has 0 saturated carbocycles.